The molecule has 3 heteroatoms. The molecule has 0 aliphatic heterocycles. The number of hydrogen-bond donors (Lipinski definition) is 1. The van der Waals surface area contributed by atoms with E-state index in [1.54, 1.807) is 12.4 Å². The highest BCUT2D eigenvalue weighted by Gasteiger charge is 2.08. The van der Waals surface area contributed by atoms with Gasteiger partial charge in [-0.2, -0.15) is 0 Å². The van der Waals surface area contributed by atoms with Crippen molar-refractivity contribution in [1.82, 2.24) is 9.97 Å². The number of nitrogens with zero attached hydrogens (tertiary/aromatic N) is 2. The molecule has 19 heavy (non-hydrogen) atoms. The second-order valence-electron chi connectivity index (χ2n) is 5.02. The third-order valence-corrected chi connectivity index (χ3v) is 3.46. The van der Waals surface area contributed by atoms with Crippen molar-refractivity contribution >= 4 is 11.0 Å². The third-order valence-electron chi connectivity index (χ3n) is 3.46. The highest BCUT2D eigenvalue weighted by Crippen LogP contribution is 2.22. The fourth-order valence-electron chi connectivity index (χ4n) is 2.30. The monoisotopic (exact) mass is 258 g/mol. The summed E-state index contributed by atoms with van der Waals surface area (Å²) in [4.78, 5) is 8.50. The van der Waals surface area contributed by atoms with Gasteiger partial charge in [0.2, 0.25) is 0 Å². The minimum absolute atomic E-state index is 0.381. The predicted molar refractivity (Wildman–Crippen MR) is 77.9 cm³/mol. The van der Waals surface area contributed by atoms with Crippen LogP contribution in [0.3, 0.4) is 0 Å². The van der Waals surface area contributed by atoms with Crippen molar-refractivity contribution in [2.24, 2.45) is 0 Å². The van der Waals surface area contributed by atoms with Crippen molar-refractivity contribution in [3.05, 3.63) is 36.2 Å². The number of aromatic nitrogens is 2. The van der Waals surface area contributed by atoms with E-state index in [2.05, 4.69) is 16.9 Å². The quantitative estimate of drug-likeness (QED) is 0.763. The zero-order chi connectivity index (χ0) is 13.5. The number of aliphatic hydroxyl groups excluding tert-OH is 1. The number of hydrogen-bond acceptors (Lipinski definition) is 3. The van der Waals surface area contributed by atoms with E-state index in [1.165, 1.54) is 25.7 Å². The van der Waals surface area contributed by atoms with Crippen LogP contribution in [-0.2, 0) is 0 Å². The fraction of sp³-hybridized carbons (Fsp3) is 0.500. The van der Waals surface area contributed by atoms with Gasteiger partial charge in [-0.25, -0.2) is 0 Å². The van der Waals surface area contributed by atoms with Crippen molar-refractivity contribution in [2.45, 2.75) is 51.6 Å². The zero-order valence-corrected chi connectivity index (χ0v) is 11.5. The van der Waals surface area contributed by atoms with Crippen LogP contribution in [0, 0.1) is 0 Å². The summed E-state index contributed by atoms with van der Waals surface area (Å²) in [5, 5.41) is 10.2. The molecule has 1 atom stereocenters. The molecule has 0 fully saturated rings. The van der Waals surface area contributed by atoms with Crippen LogP contribution in [0.2, 0.25) is 0 Å². The van der Waals surface area contributed by atoms with Crippen LogP contribution in [0.1, 0.15) is 57.1 Å². The van der Waals surface area contributed by atoms with Crippen LogP contribution < -0.4 is 0 Å². The van der Waals surface area contributed by atoms with Gasteiger partial charge in [-0.3, -0.25) is 9.97 Å². The van der Waals surface area contributed by atoms with E-state index < -0.39 is 0 Å². The summed E-state index contributed by atoms with van der Waals surface area (Å²) in [5.41, 5.74) is 2.68. The van der Waals surface area contributed by atoms with Gasteiger partial charge in [0.1, 0.15) is 0 Å². The van der Waals surface area contributed by atoms with E-state index in [1.807, 2.05) is 18.2 Å². The molecule has 1 heterocycles. The molecule has 1 unspecified atom stereocenters. The number of unbranched alkanes of at least 4 members (excludes halogenated alkanes) is 4. The van der Waals surface area contributed by atoms with Gasteiger partial charge in [-0.05, 0) is 24.1 Å². The Labute approximate surface area is 114 Å². The summed E-state index contributed by atoms with van der Waals surface area (Å²) in [6, 6.07) is 5.82. The van der Waals surface area contributed by atoms with Crippen molar-refractivity contribution in [3.63, 3.8) is 0 Å². The molecule has 0 amide bonds. The molecule has 1 aromatic heterocycles. The number of benzene rings is 1. The second kappa shape index (κ2) is 7.19. The molecule has 0 aliphatic carbocycles. The molecule has 0 spiro atoms. The van der Waals surface area contributed by atoms with Crippen LogP contribution in [0.4, 0.5) is 0 Å². The number of fused-ring (bicyclic) bond motifs is 1. The Balaban J connectivity index is 1.91. The maximum absolute atomic E-state index is 10.2. The summed E-state index contributed by atoms with van der Waals surface area (Å²) in [7, 11) is 0. The smallest absolute Gasteiger partial charge is 0.0890 e. The Morgan fingerprint density at radius 2 is 1.74 bits per heavy atom. The summed E-state index contributed by atoms with van der Waals surface area (Å²) >= 11 is 0. The zero-order valence-electron chi connectivity index (χ0n) is 11.5. The van der Waals surface area contributed by atoms with Crippen molar-refractivity contribution in [1.29, 1.82) is 0 Å². The first-order valence-corrected chi connectivity index (χ1v) is 7.20. The largest absolute Gasteiger partial charge is 0.388 e. The lowest BCUT2D eigenvalue weighted by Crippen LogP contribution is -1.98. The normalized spacial score (nSPS) is 12.7. The maximum atomic E-state index is 10.2. The Hall–Kier alpha value is -1.48. The van der Waals surface area contributed by atoms with Crippen LogP contribution >= 0.6 is 0 Å². The molecule has 102 valence electrons. The lowest BCUT2D eigenvalue weighted by Gasteiger charge is -2.11. The van der Waals surface area contributed by atoms with E-state index in [4.69, 9.17) is 0 Å². The SMILES string of the molecule is CCCCCCCC(O)c1ccc2nccnc2c1. The molecular weight excluding hydrogens is 236 g/mol. The highest BCUT2D eigenvalue weighted by atomic mass is 16.3. The Morgan fingerprint density at radius 3 is 2.53 bits per heavy atom. The van der Waals surface area contributed by atoms with Gasteiger partial charge in [0.05, 0.1) is 17.1 Å². The Bertz CT molecular complexity index is 513. The molecule has 1 aromatic carbocycles. The van der Waals surface area contributed by atoms with Gasteiger partial charge in [-0.15, -0.1) is 0 Å². The highest BCUT2D eigenvalue weighted by molar-refractivity contribution is 5.74. The van der Waals surface area contributed by atoms with E-state index in [0.717, 1.165) is 29.4 Å². The second-order valence-corrected chi connectivity index (χ2v) is 5.02. The fourth-order valence-corrected chi connectivity index (χ4v) is 2.30. The number of rotatable bonds is 7. The van der Waals surface area contributed by atoms with E-state index in [0.29, 0.717) is 0 Å². The lowest BCUT2D eigenvalue weighted by molar-refractivity contribution is 0.163. The third kappa shape index (κ3) is 4.00. The molecule has 0 saturated carbocycles. The number of aliphatic hydroxyl groups is 1. The molecule has 0 bridgehead atoms. The summed E-state index contributed by atoms with van der Waals surface area (Å²) in [6.07, 6.45) is 9.93. The van der Waals surface area contributed by atoms with E-state index in [9.17, 15) is 5.11 Å². The molecule has 3 nitrogen and oxygen atoms in total. The molecule has 0 radical (unpaired) electrons. The van der Waals surface area contributed by atoms with Crippen LogP contribution in [0.25, 0.3) is 11.0 Å². The van der Waals surface area contributed by atoms with E-state index >= 15 is 0 Å². The van der Waals surface area contributed by atoms with Crippen molar-refractivity contribution < 1.29 is 5.11 Å². The molecule has 1 N–H and O–H groups in total. The summed E-state index contributed by atoms with van der Waals surface area (Å²) in [6.45, 7) is 2.21. The summed E-state index contributed by atoms with van der Waals surface area (Å²) in [5.74, 6) is 0. The van der Waals surface area contributed by atoms with Crippen LogP contribution in [0.15, 0.2) is 30.6 Å². The maximum Gasteiger partial charge on any atom is 0.0890 e. The van der Waals surface area contributed by atoms with Crippen LogP contribution in [0.5, 0.6) is 0 Å². The minimum atomic E-state index is -0.381. The minimum Gasteiger partial charge on any atom is -0.388 e. The first-order chi connectivity index (χ1) is 9.31. The van der Waals surface area contributed by atoms with Gasteiger partial charge in [-0.1, -0.05) is 45.1 Å². The summed E-state index contributed by atoms with van der Waals surface area (Å²) < 4.78 is 0. The van der Waals surface area contributed by atoms with Crippen molar-refractivity contribution in [2.75, 3.05) is 0 Å². The van der Waals surface area contributed by atoms with Gasteiger partial charge < -0.3 is 5.11 Å². The van der Waals surface area contributed by atoms with Crippen molar-refractivity contribution in [3.8, 4) is 0 Å². The molecule has 2 aromatic rings. The predicted octanol–water partition coefficient (Wildman–Crippen LogP) is 4.02. The first kappa shape index (κ1) is 13.9. The molecule has 0 saturated heterocycles. The first-order valence-electron chi connectivity index (χ1n) is 7.20. The standard InChI is InChI=1S/C16H22N2O/c1-2-3-4-5-6-7-16(19)13-8-9-14-15(12-13)18-11-10-17-14/h8-12,16,19H,2-7H2,1H3. The Morgan fingerprint density at radius 1 is 1.00 bits per heavy atom. The van der Waals surface area contributed by atoms with Gasteiger partial charge in [0.25, 0.3) is 0 Å². The average molecular weight is 258 g/mol. The Kier molecular flexibility index (Phi) is 5.28. The van der Waals surface area contributed by atoms with E-state index in [-0.39, 0.29) is 6.10 Å². The molecular formula is C16H22N2O. The average Bonchev–Trinajstić information content (AvgIpc) is 2.46. The van der Waals surface area contributed by atoms with Gasteiger partial charge in [0.15, 0.2) is 0 Å². The van der Waals surface area contributed by atoms with Gasteiger partial charge >= 0.3 is 0 Å². The topological polar surface area (TPSA) is 46.0 Å². The van der Waals surface area contributed by atoms with Gasteiger partial charge in [0, 0.05) is 12.4 Å². The molecule has 2 rings (SSSR count). The molecule has 0 aliphatic rings. The lowest BCUT2D eigenvalue weighted by atomic mass is 10.0. The van der Waals surface area contributed by atoms with Crippen LogP contribution in [-0.4, -0.2) is 15.1 Å².